The Labute approximate surface area is 136 Å². The summed E-state index contributed by atoms with van der Waals surface area (Å²) in [6.07, 6.45) is 5.58. The van der Waals surface area contributed by atoms with Crippen LogP contribution in [0.25, 0.3) is 10.2 Å². The SMILES string of the molecule is Cc1c(C(N)=O)sc2ncn(CC(=O)NC3CCCC3)c(=O)c12. The fraction of sp³-hybridized carbons (Fsp3) is 0.467. The number of nitrogens with zero attached hydrogens (tertiary/aromatic N) is 2. The maximum Gasteiger partial charge on any atom is 0.262 e. The van der Waals surface area contributed by atoms with Crippen LogP contribution in [-0.2, 0) is 11.3 Å². The van der Waals surface area contributed by atoms with Crippen molar-refractivity contribution in [2.24, 2.45) is 5.73 Å². The van der Waals surface area contributed by atoms with Crippen LogP contribution < -0.4 is 16.6 Å². The van der Waals surface area contributed by atoms with Gasteiger partial charge < -0.3 is 11.1 Å². The molecule has 122 valence electrons. The van der Waals surface area contributed by atoms with Crippen LogP contribution in [0.1, 0.15) is 40.9 Å². The number of nitrogens with two attached hydrogens (primary N) is 1. The largest absolute Gasteiger partial charge is 0.365 e. The number of rotatable bonds is 4. The topological polar surface area (TPSA) is 107 Å². The van der Waals surface area contributed by atoms with Crippen LogP contribution >= 0.6 is 11.3 Å². The number of hydrogen-bond donors (Lipinski definition) is 2. The summed E-state index contributed by atoms with van der Waals surface area (Å²) in [6, 6.07) is 0.208. The number of amides is 2. The molecule has 3 N–H and O–H groups in total. The Kier molecular flexibility index (Phi) is 4.16. The van der Waals surface area contributed by atoms with Crippen LogP contribution in [0, 0.1) is 6.92 Å². The van der Waals surface area contributed by atoms with Gasteiger partial charge in [0.15, 0.2) is 0 Å². The summed E-state index contributed by atoms with van der Waals surface area (Å²) < 4.78 is 1.27. The Hall–Kier alpha value is -2.22. The average Bonchev–Trinajstić information content (AvgIpc) is 3.10. The number of carbonyl (C=O) groups excluding carboxylic acids is 2. The molecule has 0 radical (unpaired) electrons. The van der Waals surface area contributed by atoms with Gasteiger partial charge in [-0.1, -0.05) is 12.8 Å². The number of thiophene rings is 1. The van der Waals surface area contributed by atoms with Crippen molar-refractivity contribution in [3.63, 3.8) is 0 Å². The molecule has 0 aromatic carbocycles. The Balaban J connectivity index is 1.88. The molecular weight excluding hydrogens is 316 g/mol. The van der Waals surface area contributed by atoms with Gasteiger partial charge in [0.2, 0.25) is 5.91 Å². The monoisotopic (exact) mass is 334 g/mol. The molecule has 2 heterocycles. The average molecular weight is 334 g/mol. The third kappa shape index (κ3) is 2.98. The van der Waals surface area contributed by atoms with E-state index in [2.05, 4.69) is 10.3 Å². The third-order valence-corrected chi connectivity index (χ3v) is 5.39. The van der Waals surface area contributed by atoms with Gasteiger partial charge in [0.25, 0.3) is 11.5 Å². The molecule has 0 spiro atoms. The van der Waals surface area contributed by atoms with Crippen LogP contribution in [0.5, 0.6) is 0 Å². The summed E-state index contributed by atoms with van der Waals surface area (Å²) in [6.45, 7) is 1.60. The second-order valence-corrected chi connectivity index (χ2v) is 6.83. The Morgan fingerprint density at radius 1 is 1.43 bits per heavy atom. The zero-order chi connectivity index (χ0) is 16.6. The van der Waals surface area contributed by atoms with Crippen molar-refractivity contribution >= 4 is 33.4 Å². The zero-order valence-electron chi connectivity index (χ0n) is 12.8. The van der Waals surface area contributed by atoms with E-state index in [4.69, 9.17) is 5.73 Å². The number of carbonyl (C=O) groups is 2. The molecule has 3 rings (SSSR count). The van der Waals surface area contributed by atoms with Crippen molar-refractivity contribution in [3.05, 3.63) is 27.1 Å². The minimum Gasteiger partial charge on any atom is -0.365 e. The summed E-state index contributed by atoms with van der Waals surface area (Å²) in [5.74, 6) is -0.765. The molecule has 0 unspecified atom stereocenters. The molecule has 8 heteroatoms. The first-order valence-corrected chi connectivity index (χ1v) is 8.36. The number of fused-ring (bicyclic) bond motifs is 1. The highest BCUT2D eigenvalue weighted by molar-refractivity contribution is 7.20. The van der Waals surface area contributed by atoms with Crippen molar-refractivity contribution in [1.82, 2.24) is 14.9 Å². The standard InChI is InChI=1S/C15H18N4O3S/c1-8-11-14(23-12(8)13(16)21)17-7-19(15(11)22)6-10(20)18-9-4-2-3-5-9/h7,9H,2-6H2,1H3,(H2,16,21)(H,18,20). The molecule has 7 nitrogen and oxygen atoms in total. The van der Waals surface area contributed by atoms with Gasteiger partial charge in [-0.25, -0.2) is 4.98 Å². The quantitative estimate of drug-likeness (QED) is 0.867. The van der Waals surface area contributed by atoms with Gasteiger partial charge in [0, 0.05) is 6.04 Å². The molecule has 0 saturated heterocycles. The van der Waals surface area contributed by atoms with Gasteiger partial charge in [0.05, 0.1) is 16.6 Å². The number of hydrogen-bond acceptors (Lipinski definition) is 5. The lowest BCUT2D eigenvalue weighted by atomic mass is 10.2. The predicted octanol–water partition coefficient (Wildman–Crippen LogP) is 0.924. The summed E-state index contributed by atoms with van der Waals surface area (Å²) >= 11 is 1.10. The fourth-order valence-electron chi connectivity index (χ4n) is 3.01. The van der Waals surface area contributed by atoms with Crippen molar-refractivity contribution in [3.8, 4) is 0 Å². The lowest BCUT2D eigenvalue weighted by Gasteiger charge is -2.12. The summed E-state index contributed by atoms with van der Waals surface area (Å²) in [5, 5.41) is 3.30. The molecule has 0 atom stereocenters. The highest BCUT2D eigenvalue weighted by atomic mass is 32.1. The minimum atomic E-state index is -0.574. The van der Waals surface area contributed by atoms with Crippen molar-refractivity contribution in [1.29, 1.82) is 0 Å². The molecule has 0 bridgehead atoms. The van der Waals surface area contributed by atoms with E-state index in [0.717, 1.165) is 37.0 Å². The van der Waals surface area contributed by atoms with Gasteiger partial charge in [0.1, 0.15) is 11.4 Å². The van der Waals surface area contributed by atoms with Gasteiger partial charge in [-0.3, -0.25) is 19.0 Å². The molecule has 2 aromatic rings. The normalized spacial score (nSPS) is 15.2. The third-order valence-electron chi connectivity index (χ3n) is 4.18. The van der Waals surface area contributed by atoms with E-state index in [1.165, 1.54) is 10.9 Å². The summed E-state index contributed by atoms with van der Waals surface area (Å²) in [4.78, 5) is 41.0. The van der Waals surface area contributed by atoms with Crippen molar-refractivity contribution in [2.75, 3.05) is 0 Å². The number of aromatic nitrogens is 2. The number of primary amides is 1. The van der Waals surface area contributed by atoms with Crippen molar-refractivity contribution < 1.29 is 9.59 Å². The first-order chi connectivity index (χ1) is 11.0. The Morgan fingerprint density at radius 3 is 2.78 bits per heavy atom. The summed E-state index contributed by atoms with van der Waals surface area (Å²) in [5.41, 5.74) is 5.52. The summed E-state index contributed by atoms with van der Waals surface area (Å²) in [7, 11) is 0. The Bertz CT molecular complexity index is 833. The second-order valence-electron chi connectivity index (χ2n) is 5.83. The molecule has 1 saturated carbocycles. The van der Waals surface area contributed by atoms with Gasteiger partial charge >= 0.3 is 0 Å². The molecule has 1 aliphatic rings. The second kappa shape index (κ2) is 6.11. The smallest absolute Gasteiger partial charge is 0.262 e. The first-order valence-electron chi connectivity index (χ1n) is 7.55. The molecule has 1 fully saturated rings. The van der Waals surface area contributed by atoms with E-state index in [0.29, 0.717) is 20.7 Å². The van der Waals surface area contributed by atoms with E-state index in [1.807, 2.05) is 0 Å². The first kappa shape index (κ1) is 15.7. The fourth-order valence-corrected chi connectivity index (χ4v) is 4.00. The van der Waals surface area contributed by atoms with Crippen LogP contribution in [0.15, 0.2) is 11.1 Å². The van der Waals surface area contributed by atoms with E-state index < -0.39 is 5.91 Å². The van der Waals surface area contributed by atoms with Crippen LogP contribution in [0.3, 0.4) is 0 Å². The predicted molar refractivity (Wildman–Crippen MR) is 87.5 cm³/mol. The van der Waals surface area contributed by atoms with Gasteiger partial charge in [-0.2, -0.15) is 0 Å². The van der Waals surface area contributed by atoms with E-state index in [9.17, 15) is 14.4 Å². The number of nitrogens with one attached hydrogen (secondary N) is 1. The van der Waals surface area contributed by atoms with E-state index in [1.54, 1.807) is 6.92 Å². The minimum absolute atomic E-state index is 0.0700. The van der Waals surface area contributed by atoms with E-state index >= 15 is 0 Å². The molecule has 2 amide bonds. The molecule has 1 aliphatic carbocycles. The highest BCUT2D eigenvalue weighted by Gasteiger charge is 2.20. The molecule has 23 heavy (non-hydrogen) atoms. The zero-order valence-corrected chi connectivity index (χ0v) is 13.6. The molecular formula is C15H18N4O3S. The molecule has 0 aliphatic heterocycles. The number of aryl methyl sites for hydroxylation is 1. The molecule has 2 aromatic heterocycles. The van der Waals surface area contributed by atoms with Crippen LogP contribution in [0.4, 0.5) is 0 Å². The van der Waals surface area contributed by atoms with Crippen LogP contribution in [0.2, 0.25) is 0 Å². The highest BCUT2D eigenvalue weighted by Crippen LogP contribution is 2.26. The lowest BCUT2D eigenvalue weighted by molar-refractivity contribution is -0.122. The van der Waals surface area contributed by atoms with Crippen molar-refractivity contribution in [2.45, 2.75) is 45.2 Å². The Morgan fingerprint density at radius 2 is 2.13 bits per heavy atom. The van der Waals surface area contributed by atoms with Crippen LogP contribution in [-0.4, -0.2) is 27.4 Å². The van der Waals surface area contributed by atoms with Gasteiger partial charge in [-0.05, 0) is 25.3 Å². The van der Waals surface area contributed by atoms with Gasteiger partial charge in [-0.15, -0.1) is 11.3 Å². The maximum atomic E-state index is 12.6. The van der Waals surface area contributed by atoms with E-state index in [-0.39, 0.29) is 24.1 Å². The lowest BCUT2D eigenvalue weighted by Crippen LogP contribution is -2.37. The maximum absolute atomic E-state index is 12.6.